The van der Waals surface area contributed by atoms with Gasteiger partial charge in [-0.25, -0.2) is 4.79 Å². The smallest absolute Gasteiger partial charge is 0.336 e. The zero-order valence-corrected chi connectivity index (χ0v) is 15.2. The highest BCUT2D eigenvalue weighted by Crippen LogP contribution is 2.41. The van der Waals surface area contributed by atoms with Gasteiger partial charge >= 0.3 is 5.97 Å². The standard InChI is InChI=1S/C20H34O3/c1-15(2)23-20(21)18(14-22-3)19(16-10-6-4-7-11-16)17-12-8-5-9-13-17/h15-17H,4-14H2,1-3H3. The van der Waals surface area contributed by atoms with Crippen LogP contribution in [0.1, 0.15) is 78.1 Å². The van der Waals surface area contributed by atoms with Gasteiger partial charge in [-0.3, -0.25) is 0 Å². The van der Waals surface area contributed by atoms with Crippen molar-refractivity contribution in [3.63, 3.8) is 0 Å². The minimum atomic E-state index is -0.145. The predicted molar refractivity (Wildman–Crippen MR) is 93.3 cm³/mol. The molecule has 0 unspecified atom stereocenters. The molecule has 2 saturated carbocycles. The summed E-state index contributed by atoms with van der Waals surface area (Å²) >= 11 is 0. The molecule has 0 atom stereocenters. The van der Waals surface area contributed by atoms with E-state index in [1.54, 1.807) is 7.11 Å². The Kier molecular flexibility index (Phi) is 7.61. The first-order chi connectivity index (χ1) is 11.1. The molecule has 23 heavy (non-hydrogen) atoms. The fourth-order valence-corrected chi connectivity index (χ4v) is 4.34. The van der Waals surface area contributed by atoms with Crippen LogP contribution in [0.25, 0.3) is 0 Å². The molecule has 0 N–H and O–H groups in total. The van der Waals surface area contributed by atoms with Crippen molar-refractivity contribution in [3.05, 3.63) is 11.1 Å². The summed E-state index contributed by atoms with van der Waals surface area (Å²) in [6.07, 6.45) is 12.7. The van der Waals surface area contributed by atoms with Crippen LogP contribution < -0.4 is 0 Å². The Balaban J connectivity index is 2.32. The normalized spacial score (nSPS) is 20.5. The van der Waals surface area contributed by atoms with Crippen molar-refractivity contribution in [1.82, 2.24) is 0 Å². The second kappa shape index (κ2) is 9.46. The van der Waals surface area contributed by atoms with Crippen LogP contribution in [0, 0.1) is 11.8 Å². The van der Waals surface area contributed by atoms with Gasteiger partial charge in [-0.15, -0.1) is 0 Å². The lowest BCUT2D eigenvalue weighted by Crippen LogP contribution is -2.26. The molecule has 0 spiro atoms. The highest BCUT2D eigenvalue weighted by molar-refractivity contribution is 5.90. The van der Waals surface area contributed by atoms with Crippen LogP contribution in [-0.2, 0) is 14.3 Å². The van der Waals surface area contributed by atoms with Gasteiger partial charge in [0, 0.05) is 7.11 Å². The second-order valence-corrected chi connectivity index (χ2v) is 7.49. The number of esters is 1. The maximum absolute atomic E-state index is 12.7. The lowest BCUT2D eigenvalue weighted by molar-refractivity contribution is -0.143. The topological polar surface area (TPSA) is 35.5 Å². The average Bonchev–Trinajstić information content (AvgIpc) is 2.56. The van der Waals surface area contributed by atoms with E-state index >= 15 is 0 Å². The van der Waals surface area contributed by atoms with Crippen LogP contribution in [0.15, 0.2) is 11.1 Å². The summed E-state index contributed by atoms with van der Waals surface area (Å²) < 4.78 is 11.0. The molecule has 0 aromatic rings. The van der Waals surface area contributed by atoms with E-state index in [0.717, 1.165) is 5.57 Å². The lowest BCUT2D eigenvalue weighted by Gasteiger charge is -2.34. The number of rotatable bonds is 6. The molecule has 2 aliphatic rings. The van der Waals surface area contributed by atoms with Gasteiger partial charge in [0.25, 0.3) is 0 Å². The van der Waals surface area contributed by atoms with E-state index < -0.39 is 0 Å². The Hall–Kier alpha value is -0.830. The Bertz CT molecular complexity index is 379. The fourth-order valence-electron chi connectivity index (χ4n) is 4.34. The van der Waals surface area contributed by atoms with Gasteiger partial charge < -0.3 is 9.47 Å². The van der Waals surface area contributed by atoms with Crippen LogP contribution in [0.5, 0.6) is 0 Å². The molecule has 2 rings (SSSR count). The van der Waals surface area contributed by atoms with E-state index in [1.165, 1.54) is 69.8 Å². The molecule has 3 nitrogen and oxygen atoms in total. The van der Waals surface area contributed by atoms with Crippen molar-refractivity contribution >= 4 is 5.97 Å². The van der Waals surface area contributed by atoms with Gasteiger partial charge in [-0.05, 0) is 51.4 Å². The van der Waals surface area contributed by atoms with E-state index in [9.17, 15) is 4.79 Å². The second-order valence-electron chi connectivity index (χ2n) is 7.49. The van der Waals surface area contributed by atoms with Gasteiger partial charge in [0.2, 0.25) is 0 Å². The first kappa shape index (κ1) is 18.5. The molecule has 0 radical (unpaired) electrons. The van der Waals surface area contributed by atoms with Crippen LogP contribution in [0.2, 0.25) is 0 Å². The van der Waals surface area contributed by atoms with Crippen LogP contribution in [-0.4, -0.2) is 25.8 Å². The zero-order valence-electron chi connectivity index (χ0n) is 15.2. The molecule has 0 heterocycles. The lowest BCUT2D eigenvalue weighted by atomic mass is 9.72. The number of carbonyl (C=O) groups is 1. The minimum Gasteiger partial charge on any atom is -0.460 e. The minimum absolute atomic E-state index is 0.0756. The largest absolute Gasteiger partial charge is 0.460 e. The van der Waals surface area contributed by atoms with E-state index in [1.807, 2.05) is 13.8 Å². The number of methoxy groups -OCH3 is 1. The highest BCUT2D eigenvalue weighted by atomic mass is 16.5. The van der Waals surface area contributed by atoms with Gasteiger partial charge in [0.15, 0.2) is 0 Å². The van der Waals surface area contributed by atoms with Crippen molar-refractivity contribution < 1.29 is 14.3 Å². The molecule has 0 aliphatic heterocycles. The number of ether oxygens (including phenoxy) is 2. The number of hydrogen-bond donors (Lipinski definition) is 0. The summed E-state index contributed by atoms with van der Waals surface area (Å²) in [5.41, 5.74) is 2.23. The number of hydrogen-bond acceptors (Lipinski definition) is 3. The molecule has 0 amide bonds. The van der Waals surface area contributed by atoms with Crippen LogP contribution >= 0.6 is 0 Å². The summed E-state index contributed by atoms with van der Waals surface area (Å²) in [6.45, 7) is 4.24. The van der Waals surface area contributed by atoms with E-state index in [2.05, 4.69) is 0 Å². The van der Waals surface area contributed by atoms with Crippen molar-refractivity contribution in [2.75, 3.05) is 13.7 Å². The zero-order chi connectivity index (χ0) is 16.7. The molecule has 132 valence electrons. The number of carbonyl (C=O) groups excluding carboxylic acids is 1. The molecule has 0 saturated heterocycles. The Morgan fingerprint density at radius 2 is 1.39 bits per heavy atom. The van der Waals surface area contributed by atoms with Gasteiger partial charge in [-0.1, -0.05) is 44.1 Å². The van der Waals surface area contributed by atoms with E-state index in [0.29, 0.717) is 18.4 Å². The highest BCUT2D eigenvalue weighted by Gasteiger charge is 2.31. The molecular formula is C20H34O3. The summed E-state index contributed by atoms with van der Waals surface area (Å²) in [7, 11) is 1.68. The average molecular weight is 322 g/mol. The summed E-state index contributed by atoms with van der Waals surface area (Å²) in [5.74, 6) is 0.987. The van der Waals surface area contributed by atoms with E-state index in [-0.39, 0.29) is 12.1 Å². The Morgan fingerprint density at radius 3 is 1.78 bits per heavy atom. The molecule has 3 heteroatoms. The third-order valence-electron chi connectivity index (χ3n) is 5.32. The van der Waals surface area contributed by atoms with Crippen molar-refractivity contribution in [3.8, 4) is 0 Å². The maximum atomic E-state index is 12.7. The first-order valence-electron chi connectivity index (χ1n) is 9.56. The monoisotopic (exact) mass is 322 g/mol. The predicted octanol–water partition coefficient (Wildman–Crippen LogP) is 5.04. The molecule has 0 bridgehead atoms. The van der Waals surface area contributed by atoms with Crippen LogP contribution in [0.4, 0.5) is 0 Å². The summed E-state index contributed by atoms with van der Waals surface area (Å²) in [4.78, 5) is 12.7. The van der Waals surface area contributed by atoms with Crippen molar-refractivity contribution in [2.24, 2.45) is 11.8 Å². The van der Waals surface area contributed by atoms with E-state index in [4.69, 9.17) is 9.47 Å². The summed E-state index contributed by atoms with van der Waals surface area (Å²) in [6, 6.07) is 0. The first-order valence-corrected chi connectivity index (χ1v) is 9.56. The summed E-state index contributed by atoms with van der Waals surface area (Å²) in [5, 5.41) is 0. The number of allylic oxidation sites excluding steroid dienone is 1. The molecule has 0 aromatic carbocycles. The third-order valence-corrected chi connectivity index (χ3v) is 5.32. The fraction of sp³-hybridized carbons (Fsp3) is 0.850. The van der Waals surface area contributed by atoms with Gasteiger partial charge in [0.05, 0.1) is 18.3 Å². The van der Waals surface area contributed by atoms with Gasteiger partial charge in [0.1, 0.15) is 0 Å². The molecule has 2 aliphatic carbocycles. The van der Waals surface area contributed by atoms with Crippen molar-refractivity contribution in [2.45, 2.75) is 84.2 Å². The van der Waals surface area contributed by atoms with Crippen molar-refractivity contribution in [1.29, 1.82) is 0 Å². The van der Waals surface area contributed by atoms with Crippen LogP contribution in [0.3, 0.4) is 0 Å². The Morgan fingerprint density at radius 1 is 0.913 bits per heavy atom. The third kappa shape index (κ3) is 5.34. The molecular weight excluding hydrogens is 288 g/mol. The molecule has 2 fully saturated rings. The quantitative estimate of drug-likeness (QED) is 0.507. The molecule has 0 aromatic heterocycles. The van der Waals surface area contributed by atoms with Gasteiger partial charge in [-0.2, -0.15) is 0 Å². The SMILES string of the molecule is COCC(C(=O)OC(C)C)=C(C1CCCCC1)C1CCCCC1. The Labute approximate surface area is 141 Å². The maximum Gasteiger partial charge on any atom is 0.336 e.